The van der Waals surface area contributed by atoms with Crippen molar-refractivity contribution in [1.82, 2.24) is 0 Å². The third kappa shape index (κ3) is 2.07. The van der Waals surface area contributed by atoms with Crippen molar-refractivity contribution >= 4 is 5.69 Å². The molecular formula is C14H21NO. The second-order valence-electron chi connectivity index (χ2n) is 5.40. The summed E-state index contributed by atoms with van der Waals surface area (Å²) in [5, 5.41) is 9.82. The van der Waals surface area contributed by atoms with E-state index < -0.39 is 0 Å². The normalized spacial score (nSPS) is 24.5. The first-order valence-corrected chi connectivity index (χ1v) is 6.02. The molecule has 1 atom stereocenters. The van der Waals surface area contributed by atoms with E-state index in [0.717, 1.165) is 19.4 Å². The van der Waals surface area contributed by atoms with Gasteiger partial charge in [-0.1, -0.05) is 18.2 Å². The zero-order valence-corrected chi connectivity index (χ0v) is 10.4. The standard InChI is InChI=1S/C14H21NO/c1-11-6-4-5-7-13(11)15-10-12(16)8-9-14(15,2)3/h4-7,12,16H,8-10H2,1-3H3. The minimum absolute atomic E-state index is 0.144. The number of hydrogen-bond donors (Lipinski definition) is 1. The zero-order chi connectivity index (χ0) is 11.8. The van der Waals surface area contributed by atoms with Gasteiger partial charge in [0.2, 0.25) is 0 Å². The van der Waals surface area contributed by atoms with Gasteiger partial charge in [-0.25, -0.2) is 0 Å². The fourth-order valence-electron chi connectivity index (χ4n) is 2.49. The zero-order valence-electron chi connectivity index (χ0n) is 10.4. The number of benzene rings is 1. The molecule has 1 saturated heterocycles. The summed E-state index contributed by atoms with van der Waals surface area (Å²) in [6.45, 7) is 7.39. The molecule has 0 radical (unpaired) electrons. The van der Waals surface area contributed by atoms with E-state index >= 15 is 0 Å². The Bertz CT molecular complexity index is 373. The first kappa shape index (κ1) is 11.5. The highest BCUT2D eigenvalue weighted by atomic mass is 16.3. The van der Waals surface area contributed by atoms with Gasteiger partial charge in [0.05, 0.1) is 6.10 Å². The minimum Gasteiger partial charge on any atom is -0.391 e. The lowest BCUT2D eigenvalue weighted by Gasteiger charge is -2.46. The first-order chi connectivity index (χ1) is 7.50. The number of anilines is 1. The molecule has 2 nitrogen and oxygen atoms in total. The summed E-state index contributed by atoms with van der Waals surface area (Å²) in [5.74, 6) is 0. The highest BCUT2D eigenvalue weighted by Gasteiger charge is 2.33. The number of piperidine rings is 1. The average molecular weight is 219 g/mol. The Labute approximate surface area is 97.9 Å². The molecule has 0 saturated carbocycles. The molecule has 1 aliphatic rings. The van der Waals surface area contributed by atoms with Crippen LogP contribution < -0.4 is 4.90 Å². The van der Waals surface area contributed by atoms with Crippen LogP contribution in [0.2, 0.25) is 0 Å². The Balaban J connectivity index is 2.34. The van der Waals surface area contributed by atoms with E-state index in [4.69, 9.17) is 0 Å². The molecule has 1 fully saturated rings. The Morgan fingerprint density at radius 2 is 2.00 bits per heavy atom. The van der Waals surface area contributed by atoms with Gasteiger partial charge in [-0.2, -0.15) is 0 Å². The minimum atomic E-state index is -0.187. The van der Waals surface area contributed by atoms with Crippen LogP contribution in [-0.4, -0.2) is 23.3 Å². The SMILES string of the molecule is Cc1ccccc1N1CC(O)CCC1(C)C. The number of aliphatic hydroxyl groups excluding tert-OH is 1. The van der Waals surface area contributed by atoms with Crippen molar-refractivity contribution in [3.05, 3.63) is 29.8 Å². The van der Waals surface area contributed by atoms with Crippen LogP contribution in [0, 0.1) is 6.92 Å². The monoisotopic (exact) mass is 219 g/mol. The van der Waals surface area contributed by atoms with E-state index in [2.05, 4.69) is 49.9 Å². The van der Waals surface area contributed by atoms with Crippen LogP contribution in [0.5, 0.6) is 0 Å². The van der Waals surface area contributed by atoms with Gasteiger partial charge >= 0.3 is 0 Å². The predicted octanol–water partition coefficient (Wildman–Crippen LogP) is 2.73. The summed E-state index contributed by atoms with van der Waals surface area (Å²) in [6, 6.07) is 8.41. The maximum Gasteiger partial charge on any atom is 0.0716 e. The molecule has 0 amide bonds. The fourth-order valence-corrected chi connectivity index (χ4v) is 2.49. The van der Waals surface area contributed by atoms with Crippen LogP contribution in [0.15, 0.2) is 24.3 Å². The topological polar surface area (TPSA) is 23.5 Å². The molecular weight excluding hydrogens is 198 g/mol. The van der Waals surface area contributed by atoms with Gasteiger partial charge in [0.15, 0.2) is 0 Å². The van der Waals surface area contributed by atoms with Crippen molar-refractivity contribution in [1.29, 1.82) is 0 Å². The van der Waals surface area contributed by atoms with Crippen molar-refractivity contribution in [2.75, 3.05) is 11.4 Å². The molecule has 2 heteroatoms. The average Bonchev–Trinajstić information content (AvgIpc) is 2.23. The Kier molecular flexibility index (Phi) is 2.94. The van der Waals surface area contributed by atoms with Crippen LogP contribution in [-0.2, 0) is 0 Å². The van der Waals surface area contributed by atoms with Crippen LogP contribution in [0.25, 0.3) is 0 Å². The summed E-state index contributed by atoms with van der Waals surface area (Å²) in [4.78, 5) is 2.34. The molecule has 2 rings (SSSR count). The number of nitrogens with zero attached hydrogens (tertiary/aromatic N) is 1. The van der Waals surface area contributed by atoms with Gasteiger partial charge in [0, 0.05) is 17.8 Å². The molecule has 1 N–H and O–H groups in total. The molecule has 1 aromatic rings. The van der Waals surface area contributed by atoms with Crippen molar-refractivity contribution < 1.29 is 5.11 Å². The van der Waals surface area contributed by atoms with E-state index in [0.29, 0.717) is 0 Å². The molecule has 0 aromatic heterocycles. The van der Waals surface area contributed by atoms with E-state index in [1.165, 1.54) is 11.3 Å². The Morgan fingerprint density at radius 3 is 2.69 bits per heavy atom. The van der Waals surface area contributed by atoms with Gasteiger partial charge in [0.1, 0.15) is 0 Å². The van der Waals surface area contributed by atoms with Gasteiger partial charge in [-0.3, -0.25) is 0 Å². The summed E-state index contributed by atoms with van der Waals surface area (Å²) in [5.41, 5.74) is 2.68. The maximum atomic E-state index is 9.82. The molecule has 1 unspecified atom stereocenters. The first-order valence-electron chi connectivity index (χ1n) is 6.02. The van der Waals surface area contributed by atoms with E-state index in [1.807, 2.05) is 0 Å². The number of β-amino-alcohol motifs (C(OH)–C–C–N with tert-alkyl or cyclic N) is 1. The second kappa shape index (κ2) is 4.10. The van der Waals surface area contributed by atoms with Crippen LogP contribution in [0.4, 0.5) is 5.69 Å². The highest BCUT2D eigenvalue weighted by molar-refractivity contribution is 5.55. The summed E-state index contributed by atoms with van der Waals surface area (Å²) in [7, 11) is 0. The van der Waals surface area contributed by atoms with Crippen molar-refractivity contribution in [2.45, 2.75) is 45.3 Å². The predicted molar refractivity (Wildman–Crippen MR) is 67.8 cm³/mol. The number of aliphatic hydroxyl groups is 1. The van der Waals surface area contributed by atoms with Gasteiger partial charge < -0.3 is 10.0 Å². The largest absolute Gasteiger partial charge is 0.391 e. The van der Waals surface area contributed by atoms with Crippen LogP contribution in [0.3, 0.4) is 0 Å². The Hall–Kier alpha value is -1.02. The highest BCUT2D eigenvalue weighted by Crippen LogP contribution is 2.34. The molecule has 1 heterocycles. The van der Waals surface area contributed by atoms with Crippen LogP contribution >= 0.6 is 0 Å². The van der Waals surface area contributed by atoms with Crippen LogP contribution in [0.1, 0.15) is 32.3 Å². The fraction of sp³-hybridized carbons (Fsp3) is 0.571. The van der Waals surface area contributed by atoms with Crippen molar-refractivity contribution in [2.24, 2.45) is 0 Å². The van der Waals surface area contributed by atoms with Crippen molar-refractivity contribution in [3.8, 4) is 0 Å². The van der Waals surface area contributed by atoms with Crippen molar-refractivity contribution in [3.63, 3.8) is 0 Å². The molecule has 16 heavy (non-hydrogen) atoms. The lowest BCUT2D eigenvalue weighted by Crippen LogP contribution is -2.52. The van der Waals surface area contributed by atoms with E-state index in [9.17, 15) is 5.11 Å². The summed E-state index contributed by atoms with van der Waals surface area (Å²) < 4.78 is 0. The van der Waals surface area contributed by atoms with E-state index in [-0.39, 0.29) is 11.6 Å². The third-order valence-corrected chi connectivity index (χ3v) is 3.62. The van der Waals surface area contributed by atoms with Gasteiger partial charge in [-0.15, -0.1) is 0 Å². The molecule has 0 bridgehead atoms. The lowest BCUT2D eigenvalue weighted by atomic mass is 9.88. The second-order valence-corrected chi connectivity index (χ2v) is 5.40. The molecule has 88 valence electrons. The molecule has 0 aliphatic carbocycles. The quantitative estimate of drug-likeness (QED) is 0.785. The Morgan fingerprint density at radius 1 is 1.31 bits per heavy atom. The number of para-hydroxylation sites is 1. The molecule has 1 aliphatic heterocycles. The maximum absolute atomic E-state index is 9.82. The molecule has 1 aromatic carbocycles. The number of rotatable bonds is 1. The summed E-state index contributed by atoms with van der Waals surface area (Å²) in [6.07, 6.45) is 1.77. The molecule has 0 spiro atoms. The van der Waals surface area contributed by atoms with Gasteiger partial charge in [-0.05, 0) is 45.2 Å². The number of aryl methyl sites for hydroxylation is 1. The third-order valence-electron chi connectivity index (χ3n) is 3.62. The number of hydrogen-bond acceptors (Lipinski definition) is 2. The van der Waals surface area contributed by atoms with E-state index in [1.54, 1.807) is 0 Å². The lowest BCUT2D eigenvalue weighted by molar-refractivity contribution is 0.126. The smallest absolute Gasteiger partial charge is 0.0716 e. The summed E-state index contributed by atoms with van der Waals surface area (Å²) >= 11 is 0. The van der Waals surface area contributed by atoms with Gasteiger partial charge in [0.25, 0.3) is 0 Å².